The number of ether oxygens (including phenoxy) is 7. The van der Waals surface area contributed by atoms with Crippen molar-refractivity contribution >= 4 is 81.7 Å². The number of pyridine rings is 2. The summed E-state index contributed by atoms with van der Waals surface area (Å²) in [7, 11) is 0. The lowest BCUT2D eigenvalue weighted by Gasteiger charge is -2.31. The number of aryl methyl sites for hydroxylation is 1. The van der Waals surface area contributed by atoms with Gasteiger partial charge in [0.25, 0.3) is 17.4 Å². The Morgan fingerprint density at radius 3 is 1.88 bits per heavy atom. The fourth-order valence-electron chi connectivity index (χ4n) is 8.87. The lowest BCUT2D eigenvalue weighted by molar-refractivity contribution is -0.172. The summed E-state index contributed by atoms with van der Waals surface area (Å²) < 4.78 is 54.4. The van der Waals surface area contributed by atoms with Crippen LogP contribution in [0, 0.1) is 12.7 Å². The molecule has 25 nitrogen and oxygen atoms in total. The number of imide groups is 1. The molecule has 460 valence electrons. The van der Waals surface area contributed by atoms with Crippen LogP contribution in [0.1, 0.15) is 74.8 Å². The van der Waals surface area contributed by atoms with Gasteiger partial charge in [0, 0.05) is 77.9 Å². The van der Waals surface area contributed by atoms with Crippen molar-refractivity contribution in [1.82, 2.24) is 41.0 Å². The Balaban J connectivity index is 0.744. The fraction of sp³-hybridized carbons (Fsp3) is 0.571. The third-order valence-corrected chi connectivity index (χ3v) is 15.8. The average molecular weight is 1220 g/mol. The Labute approximate surface area is 493 Å². The van der Waals surface area contributed by atoms with Crippen molar-refractivity contribution in [3.8, 4) is 11.4 Å². The van der Waals surface area contributed by atoms with E-state index in [4.69, 9.17) is 38.1 Å². The second-order valence-electron chi connectivity index (χ2n) is 19.7. The van der Waals surface area contributed by atoms with Crippen molar-refractivity contribution in [3.63, 3.8) is 0 Å². The van der Waals surface area contributed by atoms with Gasteiger partial charge >= 0.3 is 5.97 Å². The number of carbonyl (C=O) groups is 8. The van der Waals surface area contributed by atoms with Gasteiger partial charge in [-0.05, 0) is 57.4 Å². The lowest BCUT2D eigenvalue weighted by Crippen LogP contribution is -2.54. The molecular formula is C56H75FN8O17S2. The number of aromatic nitrogens is 2. The summed E-state index contributed by atoms with van der Waals surface area (Å²) in [4.78, 5) is 118. The number of aliphatic hydroxyl groups is 1. The summed E-state index contributed by atoms with van der Waals surface area (Å²) in [6, 6.07) is 1.86. The predicted molar refractivity (Wildman–Crippen MR) is 307 cm³/mol. The van der Waals surface area contributed by atoms with Gasteiger partial charge in [-0.25, -0.2) is 14.2 Å². The van der Waals surface area contributed by atoms with Crippen LogP contribution in [0.2, 0.25) is 0 Å². The molecule has 2 aromatic heterocycles. The second-order valence-corrected chi connectivity index (χ2v) is 21.9. The van der Waals surface area contributed by atoms with E-state index in [1.54, 1.807) is 42.3 Å². The Bertz CT molecular complexity index is 2930. The summed E-state index contributed by atoms with van der Waals surface area (Å²) in [6.07, 6.45) is 2.36. The van der Waals surface area contributed by atoms with Crippen LogP contribution in [0.5, 0.6) is 0 Å². The molecule has 84 heavy (non-hydrogen) atoms. The number of fused-ring (bicyclic) bond motifs is 5. The summed E-state index contributed by atoms with van der Waals surface area (Å²) >= 11 is 3.09. The topological polar surface area (TPSA) is 320 Å². The van der Waals surface area contributed by atoms with Gasteiger partial charge in [-0.1, -0.05) is 6.92 Å². The van der Waals surface area contributed by atoms with E-state index in [2.05, 4.69) is 26.6 Å². The minimum atomic E-state index is -1.98. The standard InChI is InChI=1S/C56H75FN8O17S2/c1-6-56(75)42-28-45-50-39(30-65(45)54(73)40(42)31-82-55(56)74)41(38-27-34(2)43(57)29-44(38)63-50)32-83-25-26-84-33-59-51(70)35(3)61-53(72)37(5)62-52(71)36(4)60-47(67)10-13-76-15-17-78-19-21-80-23-24-81-22-20-79-18-16-77-14-11-58-46(66)9-12-64-48(68)7-8-49(64)69/h7-8,27-29,35-37,75H,6,9-26,30-33H2,1-5H3,(H,58,66)(H,59,70)(H,60,67)(H,61,72)(H,62,71)/t35-,36-,37+,56-/m0/s1. The first kappa shape index (κ1) is 66.8. The average Bonchev–Trinajstić information content (AvgIpc) is 1.77. The number of rotatable bonds is 38. The normalized spacial score (nSPS) is 16.2. The smallest absolute Gasteiger partial charge is 0.343 e. The molecule has 3 aliphatic heterocycles. The van der Waals surface area contributed by atoms with Gasteiger partial charge < -0.3 is 69.4 Å². The highest BCUT2D eigenvalue weighted by Gasteiger charge is 2.45. The maximum absolute atomic E-state index is 14.9. The van der Waals surface area contributed by atoms with Crippen molar-refractivity contribution in [3.05, 3.63) is 74.3 Å². The number of nitrogens with zero attached hydrogens (tertiary/aromatic N) is 3. The largest absolute Gasteiger partial charge is 0.458 e. The van der Waals surface area contributed by atoms with Gasteiger partial charge in [0.1, 0.15) is 30.5 Å². The molecule has 3 aliphatic rings. The fourth-order valence-corrected chi connectivity index (χ4v) is 10.9. The van der Waals surface area contributed by atoms with Crippen LogP contribution in [-0.2, 0) is 96.0 Å². The van der Waals surface area contributed by atoms with Gasteiger partial charge in [0.2, 0.25) is 29.5 Å². The molecule has 0 bridgehead atoms. The number of amides is 7. The highest BCUT2D eigenvalue weighted by molar-refractivity contribution is 8.02. The van der Waals surface area contributed by atoms with Crippen molar-refractivity contribution in [2.75, 3.05) is 110 Å². The molecule has 0 saturated carbocycles. The molecule has 3 aromatic rings. The number of hydrogen-bond acceptors (Lipinski definition) is 20. The molecule has 0 saturated heterocycles. The first-order chi connectivity index (χ1) is 40.3. The van der Waals surface area contributed by atoms with Crippen molar-refractivity contribution in [2.24, 2.45) is 0 Å². The number of halogens is 1. The highest BCUT2D eigenvalue weighted by atomic mass is 32.2. The zero-order valence-corrected chi connectivity index (χ0v) is 49.5. The van der Waals surface area contributed by atoms with Crippen LogP contribution in [0.25, 0.3) is 22.3 Å². The quantitative estimate of drug-likeness (QED) is 0.0158. The molecule has 1 aromatic carbocycles. The lowest BCUT2D eigenvalue weighted by atomic mass is 9.86. The van der Waals surface area contributed by atoms with E-state index in [1.165, 1.54) is 50.8 Å². The number of cyclic esters (lactones) is 1. The zero-order valence-electron chi connectivity index (χ0n) is 47.9. The van der Waals surface area contributed by atoms with Gasteiger partial charge in [0.05, 0.1) is 114 Å². The molecule has 0 spiro atoms. The molecule has 4 atom stereocenters. The van der Waals surface area contributed by atoms with E-state index in [9.17, 15) is 52.6 Å². The monoisotopic (exact) mass is 1210 g/mol. The maximum Gasteiger partial charge on any atom is 0.343 e. The van der Waals surface area contributed by atoms with Crippen molar-refractivity contribution in [2.45, 2.75) is 96.5 Å². The number of nitrogens with one attached hydrogen (secondary N) is 5. The number of thioether (sulfide) groups is 2. The molecular weight excluding hydrogens is 1140 g/mol. The van der Waals surface area contributed by atoms with Crippen LogP contribution in [0.3, 0.4) is 0 Å². The van der Waals surface area contributed by atoms with Crippen molar-refractivity contribution < 1.29 is 81.0 Å². The summed E-state index contributed by atoms with van der Waals surface area (Å²) in [5, 5.41) is 25.2. The van der Waals surface area contributed by atoms with Crippen LogP contribution < -0.4 is 32.1 Å². The summed E-state index contributed by atoms with van der Waals surface area (Å²) in [6.45, 7) is 11.8. The van der Waals surface area contributed by atoms with Gasteiger partial charge in [-0.2, -0.15) is 11.8 Å². The van der Waals surface area contributed by atoms with Crippen LogP contribution in [0.15, 0.2) is 35.1 Å². The molecule has 0 radical (unpaired) electrons. The molecule has 0 aliphatic carbocycles. The van der Waals surface area contributed by atoms with Gasteiger partial charge in [-0.3, -0.25) is 43.3 Å². The van der Waals surface area contributed by atoms with Gasteiger partial charge in [-0.15, -0.1) is 11.8 Å². The minimum Gasteiger partial charge on any atom is -0.458 e. The number of hydrogen-bond donors (Lipinski definition) is 6. The molecule has 0 fully saturated rings. The predicted octanol–water partition coefficient (Wildman–Crippen LogP) is 1.00. The van der Waals surface area contributed by atoms with Crippen LogP contribution in [-0.4, -0.2) is 195 Å². The third kappa shape index (κ3) is 18.8. The van der Waals surface area contributed by atoms with Gasteiger partial charge in [0.15, 0.2) is 5.60 Å². The van der Waals surface area contributed by atoms with E-state index in [0.29, 0.717) is 99.1 Å². The molecule has 5 heterocycles. The number of benzene rings is 1. The Morgan fingerprint density at radius 2 is 1.27 bits per heavy atom. The summed E-state index contributed by atoms with van der Waals surface area (Å²) in [5.74, 6) is -2.35. The molecule has 6 rings (SSSR count). The SMILES string of the molecule is CC[C@@]1(O)C(=O)OCc2c1cc1n(c2=O)Cc2c-1nc1cc(F)c(C)cc1c2CSCCSCNC(=O)[C@H](C)NC(=O)[C@@H](C)NC(=O)[C@H](C)NC(=O)CCOCCOCCOCCOCCOCCOCCNC(=O)CCN1C(=O)C=CC1=O. The first-order valence-electron chi connectivity index (χ1n) is 27.7. The number of esters is 1. The third-order valence-electron chi connectivity index (χ3n) is 13.7. The summed E-state index contributed by atoms with van der Waals surface area (Å²) in [5.41, 5.74) is 1.50. The Morgan fingerprint density at radius 1 is 0.714 bits per heavy atom. The van der Waals surface area contributed by atoms with E-state index in [-0.39, 0.29) is 93.9 Å². The van der Waals surface area contributed by atoms with E-state index < -0.39 is 71.0 Å². The first-order valence-corrected chi connectivity index (χ1v) is 30.0. The van der Waals surface area contributed by atoms with E-state index in [0.717, 1.165) is 21.4 Å². The molecule has 7 amide bonds. The Hall–Kier alpha value is -6.37. The molecule has 6 N–H and O–H groups in total. The second kappa shape index (κ2) is 33.4. The Kier molecular flexibility index (Phi) is 26.5. The van der Waals surface area contributed by atoms with Crippen LogP contribution in [0.4, 0.5) is 4.39 Å². The number of carbonyl (C=O) groups excluding carboxylic acids is 8. The van der Waals surface area contributed by atoms with E-state index >= 15 is 0 Å². The van der Waals surface area contributed by atoms with E-state index in [1.807, 2.05) is 0 Å². The highest BCUT2D eigenvalue weighted by Crippen LogP contribution is 2.41. The minimum absolute atomic E-state index is 0.00276. The molecule has 28 heteroatoms. The van der Waals surface area contributed by atoms with Crippen molar-refractivity contribution in [1.29, 1.82) is 0 Å². The maximum atomic E-state index is 14.9. The molecule has 0 unspecified atom stereocenters. The van der Waals surface area contributed by atoms with Crippen LogP contribution >= 0.6 is 23.5 Å². The zero-order chi connectivity index (χ0) is 60.8.